The van der Waals surface area contributed by atoms with Gasteiger partial charge in [0.05, 0.1) is 0 Å². The second-order valence-corrected chi connectivity index (χ2v) is 9.50. The quantitative estimate of drug-likeness (QED) is 0.300. The molecule has 7 rings (SSSR count). The summed E-state index contributed by atoms with van der Waals surface area (Å²) in [7, 11) is 0. The van der Waals surface area contributed by atoms with Gasteiger partial charge in [0.2, 0.25) is 0 Å². The molecule has 0 unspecified atom stereocenters. The molecule has 6 aromatic rings. The molecule has 1 aromatic heterocycles. The van der Waals surface area contributed by atoms with E-state index in [1.807, 2.05) is 0 Å². The van der Waals surface area contributed by atoms with Crippen LogP contribution in [0.2, 0.25) is 0 Å². The third-order valence-corrected chi connectivity index (χ3v) is 7.25. The summed E-state index contributed by atoms with van der Waals surface area (Å²) < 4.78 is 6.19. The molecule has 0 spiro atoms. The van der Waals surface area contributed by atoms with E-state index in [-0.39, 0.29) is 5.41 Å². The second-order valence-electron chi connectivity index (χ2n) is 9.50. The van der Waals surface area contributed by atoms with Gasteiger partial charge in [-0.25, -0.2) is 0 Å². The van der Waals surface area contributed by atoms with Crippen molar-refractivity contribution in [1.29, 1.82) is 0 Å². The molecule has 0 atom stereocenters. The number of anilines is 2. The highest BCUT2D eigenvalue weighted by molar-refractivity contribution is 6.19. The Hall–Kier alpha value is -4.04. The first-order chi connectivity index (χ1) is 16.1. The van der Waals surface area contributed by atoms with Crippen LogP contribution < -0.4 is 5.32 Å². The third kappa shape index (κ3) is 2.55. The SMILES string of the molecule is CC1(C)c2ccccc2-c2c(Nc3ccc4oc5ccc6ccccc6c5c4c3)cccc21. The lowest BCUT2D eigenvalue weighted by Crippen LogP contribution is -2.14. The summed E-state index contributed by atoms with van der Waals surface area (Å²) in [5.41, 5.74) is 9.42. The Morgan fingerprint density at radius 2 is 1.45 bits per heavy atom. The van der Waals surface area contributed by atoms with Crippen molar-refractivity contribution in [2.45, 2.75) is 19.3 Å². The largest absolute Gasteiger partial charge is 0.456 e. The zero-order valence-electron chi connectivity index (χ0n) is 18.6. The molecule has 1 N–H and O–H groups in total. The third-order valence-electron chi connectivity index (χ3n) is 7.25. The van der Waals surface area contributed by atoms with Gasteiger partial charge in [0.15, 0.2) is 0 Å². The summed E-state index contributed by atoms with van der Waals surface area (Å²) in [6.45, 7) is 4.63. The molecule has 5 aromatic carbocycles. The number of rotatable bonds is 2. The number of hydrogen-bond acceptors (Lipinski definition) is 2. The van der Waals surface area contributed by atoms with Crippen LogP contribution in [0.1, 0.15) is 25.0 Å². The summed E-state index contributed by atoms with van der Waals surface area (Å²) in [6.07, 6.45) is 0. The molecular weight excluding hydrogens is 402 g/mol. The Balaban J connectivity index is 1.41. The van der Waals surface area contributed by atoms with Crippen LogP contribution in [-0.4, -0.2) is 0 Å². The van der Waals surface area contributed by atoms with Crippen molar-refractivity contribution in [3.8, 4) is 11.1 Å². The molecule has 158 valence electrons. The summed E-state index contributed by atoms with van der Waals surface area (Å²) in [6, 6.07) is 34.5. The Labute approximate surface area is 192 Å². The molecule has 0 fully saturated rings. The van der Waals surface area contributed by atoms with Crippen LogP contribution in [0.15, 0.2) is 101 Å². The molecule has 33 heavy (non-hydrogen) atoms. The number of fused-ring (bicyclic) bond motifs is 8. The lowest BCUT2D eigenvalue weighted by Gasteiger charge is -2.21. The lowest BCUT2D eigenvalue weighted by molar-refractivity contribution is 0.660. The standard InChI is InChI=1S/C31H23NO/c1-31(2)24-11-6-5-10-22(24)30-25(31)12-7-13-26(30)32-20-15-17-27-23(18-20)29-21-9-4-3-8-19(21)14-16-28(29)33-27/h3-18,32H,1-2H3. The second kappa shape index (κ2) is 6.49. The molecule has 0 saturated carbocycles. The molecule has 2 nitrogen and oxygen atoms in total. The van der Waals surface area contributed by atoms with E-state index >= 15 is 0 Å². The highest BCUT2D eigenvalue weighted by atomic mass is 16.3. The van der Waals surface area contributed by atoms with Gasteiger partial charge in [0.1, 0.15) is 11.2 Å². The van der Waals surface area contributed by atoms with Gasteiger partial charge in [-0.05, 0) is 57.8 Å². The summed E-state index contributed by atoms with van der Waals surface area (Å²) in [5, 5.41) is 8.50. The van der Waals surface area contributed by atoms with Crippen LogP contribution in [0, 0.1) is 0 Å². The maximum atomic E-state index is 6.19. The Morgan fingerprint density at radius 3 is 2.39 bits per heavy atom. The number of furan rings is 1. The highest BCUT2D eigenvalue weighted by Gasteiger charge is 2.36. The topological polar surface area (TPSA) is 25.2 Å². The van der Waals surface area contributed by atoms with Crippen molar-refractivity contribution in [1.82, 2.24) is 0 Å². The molecule has 0 saturated heterocycles. The number of benzene rings is 5. The first kappa shape index (κ1) is 18.5. The van der Waals surface area contributed by atoms with Crippen LogP contribution in [0.5, 0.6) is 0 Å². The van der Waals surface area contributed by atoms with Crippen molar-refractivity contribution in [3.05, 3.63) is 108 Å². The van der Waals surface area contributed by atoms with Gasteiger partial charge in [-0.1, -0.05) is 80.6 Å². The maximum absolute atomic E-state index is 6.19. The van der Waals surface area contributed by atoms with E-state index in [1.54, 1.807) is 0 Å². The van der Waals surface area contributed by atoms with Gasteiger partial charge in [-0.3, -0.25) is 0 Å². The molecular formula is C31H23NO. The molecule has 1 heterocycles. The van der Waals surface area contributed by atoms with E-state index in [0.717, 1.165) is 27.9 Å². The molecule has 0 amide bonds. The smallest absolute Gasteiger partial charge is 0.136 e. The van der Waals surface area contributed by atoms with E-state index in [0.29, 0.717) is 0 Å². The minimum absolute atomic E-state index is 0.00670. The monoisotopic (exact) mass is 425 g/mol. The summed E-state index contributed by atoms with van der Waals surface area (Å²) in [5.74, 6) is 0. The molecule has 0 aliphatic heterocycles. The van der Waals surface area contributed by atoms with E-state index < -0.39 is 0 Å². The summed E-state index contributed by atoms with van der Waals surface area (Å²) in [4.78, 5) is 0. The average Bonchev–Trinajstić information content (AvgIpc) is 3.33. The number of hydrogen-bond donors (Lipinski definition) is 1. The molecule has 1 aliphatic carbocycles. The van der Waals surface area contributed by atoms with Crippen LogP contribution in [-0.2, 0) is 5.41 Å². The number of nitrogens with one attached hydrogen (secondary N) is 1. The van der Waals surface area contributed by atoms with Gasteiger partial charge in [-0.2, -0.15) is 0 Å². The van der Waals surface area contributed by atoms with Crippen molar-refractivity contribution in [3.63, 3.8) is 0 Å². The Bertz CT molecular complexity index is 1720. The van der Waals surface area contributed by atoms with Crippen molar-refractivity contribution >= 4 is 44.1 Å². The molecule has 0 bridgehead atoms. The predicted octanol–water partition coefficient (Wildman–Crippen LogP) is 8.79. The van der Waals surface area contributed by atoms with Gasteiger partial charge in [0.25, 0.3) is 0 Å². The van der Waals surface area contributed by atoms with Gasteiger partial charge in [0, 0.05) is 33.1 Å². The molecule has 0 radical (unpaired) electrons. The predicted molar refractivity (Wildman–Crippen MR) is 139 cm³/mol. The van der Waals surface area contributed by atoms with Gasteiger partial charge in [-0.15, -0.1) is 0 Å². The fourth-order valence-electron chi connectivity index (χ4n) is 5.64. The van der Waals surface area contributed by atoms with Gasteiger partial charge >= 0.3 is 0 Å². The summed E-state index contributed by atoms with van der Waals surface area (Å²) >= 11 is 0. The van der Waals surface area contributed by atoms with E-state index in [4.69, 9.17) is 4.42 Å². The Morgan fingerprint density at radius 1 is 0.667 bits per heavy atom. The molecule has 2 heteroatoms. The first-order valence-corrected chi connectivity index (χ1v) is 11.5. The fraction of sp³-hybridized carbons (Fsp3) is 0.0968. The van der Waals surface area contributed by atoms with E-state index in [1.165, 1.54) is 38.4 Å². The van der Waals surface area contributed by atoms with E-state index in [2.05, 4.69) is 116 Å². The normalized spacial score (nSPS) is 14.0. The van der Waals surface area contributed by atoms with Crippen molar-refractivity contribution in [2.75, 3.05) is 5.32 Å². The van der Waals surface area contributed by atoms with Crippen molar-refractivity contribution < 1.29 is 4.42 Å². The van der Waals surface area contributed by atoms with Crippen LogP contribution in [0.4, 0.5) is 11.4 Å². The van der Waals surface area contributed by atoms with Crippen molar-refractivity contribution in [2.24, 2.45) is 0 Å². The van der Waals surface area contributed by atoms with Gasteiger partial charge < -0.3 is 9.73 Å². The maximum Gasteiger partial charge on any atom is 0.136 e. The minimum atomic E-state index is -0.00670. The zero-order valence-corrected chi connectivity index (χ0v) is 18.6. The minimum Gasteiger partial charge on any atom is -0.456 e. The lowest BCUT2D eigenvalue weighted by atomic mass is 9.82. The Kier molecular flexibility index (Phi) is 3.64. The highest BCUT2D eigenvalue weighted by Crippen LogP contribution is 2.51. The molecule has 1 aliphatic rings. The average molecular weight is 426 g/mol. The van der Waals surface area contributed by atoms with Crippen LogP contribution in [0.3, 0.4) is 0 Å². The fourth-order valence-corrected chi connectivity index (χ4v) is 5.64. The van der Waals surface area contributed by atoms with Crippen LogP contribution in [0.25, 0.3) is 43.8 Å². The van der Waals surface area contributed by atoms with Crippen LogP contribution >= 0.6 is 0 Å². The van der Waals surface area contributed by atoms with E-state index in [9.17, 15) is 0 Å². The first-order valence-electron chi connectivity index (χ1n) is 11.5. The zero-order chi connectivity index (χ0) is 22.2.